The van der Waals surface area contributed by atoms with Gasteiger partial charge in [-0.3, -0.25) is 9.59 Å². The minimum atomic E-state index is -0.198. The predicted octanol–water partition coefficient (Wildman–Crippen LogP) is 5.37. The van der Waals surface area contributed by atoms with Gasteiger partial charge in [-0.1, -0.05) is 72.4 Å². The summed E-state index contributed by atoms with van der Waals surface area (Å²) in [5.41, 5.74) is 3.42. The first-order chi connectivity index (χ1) is 15.0. The second kappa shape index (κ2) is 10.4. The third kappa shape index (κ3) is 5.68. The Balaban J connectivity index is 1.91. The maximum absolute atomic E-state index is 12.3. The van der Waals surface area contributed by atoms with E-state index in [9.17, 15) is 14.9 Å². The highest BCUT2D eigenvalue weighted by atomic mass is 32.2. The van der Waals surface area contributed by atoms with Crippen LogP contribution in [0.5, 0.6) is 0 Å². The molecule has 0 aliphatic rings. The molecule has 0 fully saturated rings. The van der Waals surface area contributed by atoms with Gasteiger partial charge in [0.2, 0.25) is 5.91 Å². The minimum absolute atomic E-state index is 0.0945. The molecule has 2 aromatic carbocycles. The number of carbonyl (C=O) groups excluding carboxylic acids is 2. The molecule has 0 aliphatic heterocycles. The Labute approximate surface area is 185 Å². The molecule has 0 radical (unpaired) electrons. The van der Waals surface area contributed by atoms with E-state index in [4.69, 9.17) is 0 Å². The summed E-state index contributed by atoms with van der Waals surface area (Å²) in [6.45, 7) is 3.21. The van der Waals surface area contributed by atoms with Crippen molar-refractivity contribution in [2.24, 2.45) is 0 Å². The standard InChI is InChI=1S/C25H21N3O2S/c1-17-24(18(2)29)21(14-13-19-9-5-3-6-10-19)22(15-26)25(27-17)31-16-23(30)28-20-11-7-4-8-12-20/h3-14H,16H2,1-2H3,(H,28,30). The third-order valence-electron chi connectivity index (χ3n) is 4.49. The van der Waals surface area contributed by atoms with E-state index in [1.807, 2.05) is 54.6 Å². The van der Waals surface area contributed by atoms with Crippen molar-refractivity contribution in [2.45, 2.75) is 18.9 Å². The summed E-state index contributed by atoms with van der Waals surface area (Å²) in [6, 6.07) is 21.0. The summed E-state index contributed by atoms with van der Waals surface area (Å²) in [4.78, 5) is 29.1. The van der Waals surface area contributed by atoms with Crippen molar-refractivity contribution in [1.82, 2.24) is 4.98 Å². The van der Waals surface area contributed by atoms with Crippen LogP contribution < -0.4 is 5.32 Å². The first-order valence-electron chi connectivity index (χ1n) is 9.66. The monoisotopic (exact) mass is 427 g/mol. The molecule has 1 N–H and O–H groups in total. The number of ketones is 1. The number of carbonyl (C=O) groups is 2. The number of amides is 1. The highest BCUT2D eigenvalue weighted by molar-refractivity contribution is 8.00. The van der Waals surface area contributed by atoms with Crippen molar-refractivity contribution in [2.75, 3.05) is 11.1 Å². The molecular weight excluding hydrogens is 406 g/mol. The van der Waals surface area contributed by atoms with Crippen LogP contribution in [0.1, 0.15) is 39.7 Å². The van der Waals surface area contributed by atoms with Crippen LogP contribution in [0.15, 0.2) is 65.7 Å². The van der Waals surface area contributed by atoms with Crippen LogP contribution in [-0.4, -0.2) is 22.4 Å². The van der Waals surface area contributed by atoms with Gasteiger partial charge in [-0.05, 0) is 31.5 Å². The Morgan fingerprint density at radius 1 is 1.06 bits per heavy atom. The summed E-state index contributed by atoms with van der Waals surface area (Å²) < 4.78 is 0. The van der Waals surface area contributed by atoms with E-state index >= 15 is 0 Å². The molecule has 3 aromatic rings. The van der Waals surface area contributed by atoms with Crippen LogP contribution in [0.4, 0.5) is 5.69 Å². The molecule has 0 aliphatic carbocycles. The van der Waals surface area contributed by atoms with Crippen molar-refractivity contribution in [3.63, 3.8) is 0 Å². The number of Topliss-reactive ketones (excluding diaryl/α,β-unsaturated/α-hetero) is 1. The first kappa shape index (κ1) is 22.0. The number of pyridine rings is 1. The van der Waals surface area contributed by atoms with E-state index in [1.165, 1.54) is 18.7 Å². The molecule has 31 heavy (non-hydrogen) atoms. The molecule has 1 aromatic heterocycles. The van der Waals surface area contributed by atoms with Crippen molar-refractivity contribution in [1.29, 1.82) is 5.26 Å². The van der Waals surface area contributed by atoms with Gasteiger partial charge in [0.1, 0.15) is 11.1 Å². The molecule has 3 rings (SSSR count). The summed E-state index contributed by atoms with van der Waals surface area (Å²) in [5, 5.41) is 13.1. The molecule has 0 unspecified atom stereocenters. The maximum Gasteiger partial charge on any atom is 0.234 e. The quantitative estimate of drug-likeness (QED) is 0.405. The normalized spacial score (nSPS) is 10.6. The lowest BCUT2D eigenvalue weighted by Crippen LogP contribution is -2.14. The smallest absolute Gasteiger partial charge is 0.234 e. The molecule has 0 spiro atoms. The minimum Gasteiger partial charge on any atom is -0.325 e. The van der Waals surface area contributed by atoms with Crippen LogP contribution in [0.2, 0.25) is 0 Å². The zero-order valence-electron chi connectivity index (χ0n) is 17.3. The number of nitrogens with one attached hydrogen (secondary N) is 1. The highest BCUT2D eigenvalue weighted by Crippen LogP contribution is 2.29. The molecule has 5 nitrogen and oxygen atoms in total. The number of hydrogen-bond acceptors (Lipinski definition) is 5. The highest BCUT2D eigenvalue weighted by Gasteiger charge is 2.20. The molecule has 0 bridgehead atoms. The Hall–Kier alpha value is -3.69. The number of benzene rings is 2. The SMILES string of the molecule is CC(=O)c1c(C)nc(SCC(=O)Nc2ccccc2)c(C#N)c1C=Cc1ccccc1. The Kier molecular flexibility index (Phi) is 7.36. The van der Waals surface area contributed by atoms with E-state index in [0.29, 0.717) is 33.1 Å². The van der Waals surface area contributed by atoms with Gasteiger partial charge in [0.15, 0.2) is 5.78 Å². The van der Waals surface area contributed by atoms with Crippen molar-refractivity contribution in [3.05, 3.63) is 88.6 Å². The van der Waals surface area contributed by atoms with Gasteiger partial charge in [0.25, 0.3) is 0 Å². The maximum atomic E-state index is 12.3. The number of aryl methyl sites for hydroxylation is 1. The molecule has 6 heteroatoms. The fourth-order valence-corrected chi connectivity index (χ4v) is 3.96. The second-order valence-electron chi connectivity index (χ2n) is 6.78. The van der Waals surface area contributed by atoms with E-state index in [1.54, 1.807) is 25.1 Å². The van der Waals surface area contributed by atoms with Gasteiger partial charge < -0.3 is 5.32 Å². The average Bonchev–Trinajstić information content (AvgIpc) is 2.77. The van der Waals surface area contributed by atoms with Crippen LogP contribution >= 0.6 is 11.8 Å². The molecule has 0 saturated heterocycles. The number of aromatic nitrogens is 1. The number of hydrogen-bond donors (Lipinski definition) is 1. The van der Waals surface area contributed by atoms with Crippen LogP contribution in [0.3, 0.4) is 0 Å². The van der Waals surface area contributed by atoms with Crippen molar-refractivity contribution in [3.8, 4) is 6.07 Å². The lowest BCUT2D eigenvalue weighted by Gasteiger charge is -2.13. The number of rotatable bonds is 7. The topological polar surface area (TPSA) is 82.8 Å². The van der Waals surface area contributed by atoms with Crippen LogP contribution in [0.25, 0.3) is 12.2 Å². The Bertz CT molecular complexity index is 1170. The van der Waals surface area contributed by atoms with Crippen LogP contribution in [0, 0.1) is 18.3 Å². The van der Waals surface area contributed by atoms with E-state index in [-0.39, 0.29) is 17.4 Å². The van der Waals surface area contributed by atoms with Gasteiger partial charge in [-0.15, -0.1) is 0 Å². The number of nitrogens with zero attached hydrogens (tertiary/aromatic N) is 2. The molecule has 0 atom stereocenters. The zero-order chi connectivity index (χ0) is 22.2. The van der Waals surface area contributed by atoms with Crippen molar-refractivity contribution < 1.29 is 9.59 Å². The molecule has 154 valence electrons. The van der Waals surface area contributed by atoms with Gasteiger partial charge >= 0.3 is 0 Å². The number of thioether (sulfide) groups is 1. The molecule has 0 saturated carbocycles. The Morgan fingerprint density at radius 2 is 1.71 bits per heavy atom. The fraction of sp³-hybridized carbons (Fsp3) is 0.120. The average molecular weight is 428 g/mol. The first-order valence-corrected chi connectivity index (χ1v) is 10.6. The van der Waals surface area contributed by atoms with Crippen molar-refractivity contribution >= 4 is 41.3 Å². The number of nitriles is 1. The summed E-state index contributed by atoms with van der Waals surface area (Å²) >= 11 is 1.18. The van der Waals surface area contributed by atoms with Gasteiger partial charge in [0.05, 0.1) is 17.0 Å². The fourth-order valence-electron chi connectivity index (χ4n) is 3.12. The van der Waals surface area contributed by atoms with E-state index in [0.717, 1.165) is 5.56 Å². The lowest BCUT2D eigenvalue weighted by atomic mass is 9.98. The summed E-state index contributed by atoms with van der Waals surface area (Å²) in [6.07, 6.45) is 3.63. The van der Waals surface area contributed by atoms with Gasteiger partial charge in [-0.2, -0.15) is 5.26 Å². The summed E-state index contributed by atoms with van der Waals surface area (Å²) in [7, 11) is 0. The Morgan fingerprint density at radius 3 is 2.32 bits per heavy atom. The lowest BCUT2D eigenvalue weighted by molar-refractivity contribution is -0.113. The zero-order valence-corrected chi connectivity index (χ0v) is 18.1. The molecule has 1 amide bonds. The van der Waals surface area contributed by atoms with E-state index in [2.05, 4.69) is 16.4 Å². The van der Waals surface area contributed by atoms with Gasteiger partial charge in [-0.25, -0.2) is 4.98 Å². The van der Waals surface area contributed by atoms with E-state index < -0.39 is 0 Å². The predicted molar refractivity (Wildman–Crippen MR) is 125 cm³/mol. The third-order valence-corrected chi connectivity index (χ3v) is 5.46. The molecule has 1 heterocycles. The number of para-hydroxylation sites is 1. The van der Waals surface area contributed by atoms with Crippen LogP contribution in [-0.2, 0) is 4.79 Å². The second-order valence-corrected chi connectivity index (χ2v) is 7.74. The number of anilines is 1. The van der Waals surface area contributed by atoms with Gasteiger partial charge in [0, 0.05) is 16.8 Å². The summed E-state index contributed by atoms with van der Waals surface area (Å²) in [5.74, 6) is -0.263. The largest absolute Gasteiger partial charge is 0.325 e. The molecular formula is C25H21N3O2S.